The first-order valence-electron chi connectivity index (χ1n) is 7.43. The van der Waals surface area contributed by atoms with E-state index in [1.807, 2.05) is 12.1 Å². The number of hydrogen-bond acceptors (Lipinski definition) is 5. The van der Waals surface area contributed by atoms with E-state index in [0.717, 1.165) is 38.0 Å². The monoisotopic (exact) mass is 325 g/mol. The minimum Gasteiger partial charge on any atom is -0.497 e. The van der Waals surface area contributed by atoms with E-state index in [1.165, 1.54) is 5.56 Å². The van der Waals surface area contributed by atoms with Crippen LogP contribution in [0.3, 0.4) is 0 Å². The molecule has 7 nitrogen and oxygen atoms in total. The van der Waals surface area contributed by atoms with Crippen LogP contribution in [0.4, 0.5) is 0 Å². The van der Waals surface area contributed by atoms with Crippen molar-refractivity contribution in [1.29, 1.82) is 0 Å². The summed E-state index contributed by atoms with van der Waals surface area (Å²) < 4.78 is 5.13. The molecule has 1 aliphatic carbocycles. The van der Waals surface area contributed by atoms with E-state index < -0.39 is 11.9 Å². The van der Waals surface area contributed by atoms with Crippen LogP contribution < -0.4 is 10.1 Å². The number of carboxylic acid groups (broad SMARTS) is 2. The first-order valence-corrected chi connectivity index (χ1v) is 7.43. The molecule has 1 aromatic rings. The number of carbonyl (C=O) groups is 2. The van der Waals surface area contributed by atoms with Gasteiger partial charge < -0.3 is 25.4 Å². The molecule has 23 heavy (non-hydrogen) atoms. The zero-order valence-electron chi connectivity index (χ0n) is 13.1. The normalized spacial score (nSPS) is 20.1. The molecule has 0 spiro atoms. The minimum absolute atomic E-state index is 0.0750. The quantitative estimate of drug-likeness (QED) is 0.615. The molecule has 1 saturated carbocycles. The number of ether oxygens (including phenoxy) is 1. The van der Waals surface area contributed by atoms with Crippen molar-refractivity contribution in [2.45, 2.75) is 44.4 Å². The third-order valence-corrected chi connectivity index (χ3v) is 3.63. The molecule has 0 aromatic heterocycles. The van der Waals surface area contributed by atoms with Crippen LogP contribution in [-0.4, -0.2) is 46.5 Å². The van der Waals surface area contributed by atoms with Gasteiger partial charge in [0.25, 0.3) is 0 Å². The zero-order valence-corrected chi connectivity index (χ0v) is 13.1. The number of carboxylic acids is 2. The second-order valence-corrected chi connectivity index (χ2v) is 5.34. The number of hydrogen-bond donors (Lipinski definition) is 4. The van der Waals surface area contributed by atoms with Crippen LogP contribution in [0.2, 0.25) is 0 Å². The lowest BCUT2D eigenvalue weighted by Gasteiger charge is -2.26. The molecule has 0 amide bonds. The maximum absolute atomic E-state index is 9.43. The molecule has 0 heterocycles. The van der Waals surface area contributed by atoms with Gasteiger partial charge in [-0.05, 0) is 43.4 Å². The van der Waals surface area contributed by atoms with E-state index >= 15 is 0 Å². The SMILES string of the molecule is COc1ccc(CNC2CCC(O)CC2)cc1.O=C(O)C(=O)O. The topological polar surface area (TPSA) is 116 Å². The lowest BCUT2D eigenvalue weighted by atomic mass is 9.93. The standard InChI is InChI=1S/C14H21NO2.C2H2O4/c1-17-14-8-2-11(3-9-14)10-15-12-4-6-13(16)7-5-12;3-1(4)2(5)6/h2-3,8-9,12-13,15-16H,4-7,10H2,1H3;(H,3,4)(H,5,6). The highest BCUT2D eigenvalue weighted by Crippen LogP contribution is 2.19. The Kier molecular flexibility index (Phi) is 8.07. The zero-order chi connectivity index (χ0) is 17.2. The third kappa shape index (κ3) is 7.62. The highest BCUT2D eigenvalue weighted by atomic mass is 16.5. The van der Waals surface area contributed by atoms with Gasteiger partial charge in [-0.2, -0.15) is 0 Å². The molecule has 2 rings (SSSR count). The molecule has 7 heteroatoms. The number of rotatable bonds is 4. The number of nitrogens with one attached hydrogen (secondary N) is 1. The molecule has 1 aromatic carbocycles. The summed E-state index contributed by atoms with van der Waals surface area (Å²) in [5.41, 5.74) is 1.27. The molecule has 1 aliphatic rings. The fourth-order valence-corrected chi connectivity index (χ4v) is 2.29. The van der Waals surface area contributed by atoms with Crippen molar-refractivity contribution in [2.75, 3.05) is 7.11 Å². The second-order valence-electron chi connectivity index (χ2n) is 5.34. The highest BCUT2D eigenvalue weighted by Gasteiger charge is 2.18. The smallest absolute Gasteiger partial charge is 0.414 e. The summed E-state index contributed by atoms with van der Waals surface area (Å²) >= 11 is 0. The van der Waals surface area contributed by atoms with Crippen molar-refractivity contribution < 1.29 is 29.6 Å². The molecular formula is C16H23NO6. The van der Waals surface area contributed by atoms with E-state index in [9.17, 15) is 5.11 Å². The molecule has 0 atom stereocenters. The molecule has 0 saturated heterocycles. The molecule has 128 valence electrons. The summed E-state index contributed by atoms with van der Waals surface area (Å²) in [5, 5.41) is 27.8. The Hall–Kier alpha value is -2.12. The van der Waals surface area contributed by atoms with E-state index in [2.05, 4.69) is 17.4 Å². The van der Waals surface area contributed by atoms with Gasteiger partial charge in [-0.15, -0.1) is 0 Å². The van der Waals surface area contributed by atoms with Crippen LogP contribution in [0, 0.1) is 0 Å². The second kappa shape index (κ2) is 9.81. The molecule has 0 radical (unpaired) electrons. The number of benzene rings is 1. The maximum Gasteiger partial charge on any atom is 0.414 e. The van der Waals surface area contributed by atoms with Crippen molar-refractivity contribution in [2.24, 2.45) is 0 Å². The van der Waals surface area contributed by atoms with Gasteiger partial charge in [0.05, 0.1) is 13.2 Å². The number of aliphatic carboxylic acids is 2. The van der Waals surface area contributed by atoms with Crippen molar-refractivity contribution in [3.8, 4) is 5.75 Å². The Morgan fingerprint density at radius 3 is 2.04 bits per heavy atom. The largest absolute Gasteiger partial charge is 0.497 e. The molecule has 0 bridgehead atoms. The summed E-state index contributed by atoms with van der Waals surface area (Å²) in [6, 6.07) is 8.71. The predicted octanol–water partition coefficient (Wildman–Crippen LogP) is 1.24. The highest BCUT2D eigenvalue weighted by molar-refractivity contribution is 6.27. The lowest BCUT2D eigenvalue weighted by Crippen LogP contribution is -2.34. The van der Waals surface area contributed by atoms with Gasteiger partial charge in [-0.3, -0.25) is 0 Å². The maximum atomic E-state index is 9.43. The summed E-state index contributed by atoms with van der Waals surface area (Å²) in [6.07, 6.45) is 3.95. The van der Waals surface area contributed by atoms with Crippen LogP contribution >= 0.6 is 0 Å². The average molecular weight is 325 g/mol. The number of aliphatic hydroxyl groups excluding tert-OH is 1. The van der Waals surface area contributed by atoms with E-state index in [4.69, 9.17) is 24.5 Å². The van der Waals surface area contributed by atoms with E-state index in [1.54, 1.807) is 7.11 Å². The van der Waals surface area contributed by atoms with Crippen molar-refractivity contribution in [3.05, 3.63) is 29.8 Å². The molecular weight excluding hydrogens is 302 g/mol. The third-order valence-electron chi connectivity index (χ3n) is 3.63. The number of aliphatic hydroxyl groups is 1. The lowest BCUT2D eigenvalue weighted by molar-refractivity contribution is -0.159. The number of methoxy groups -OCH3 is 1. The molecule has 1 fully saturated rings. The van der Waals surface area contributed by atoms with Gasteiger partial charge in [0, 0.05) is 12.6 Å². The Morgan fingerprint density at radius 1 is 1.09 bits per heavy atom. The van der Waals surface area contributed by atoms with Gasteiger partial charge in [-0.1, -0.05) is 12.1 Å². The van der Waals surface area contributed by atoms with Crippen LogP contribution in [0.15, 0.2) is 24.3 Å². The first kappa shape index (κ1) is 18.9. The van der Waals surface area contributed by atoms with Gasteiger partial charge in [-0.25, -0.2) is 9.59 Å². The van der Waals surface area contributed by atoms with Crippen LogP contribution in [0.25, 0.3) is 0 Å². The fourth-order valence-electron chi connectivity index (χ4n) is 2.29. The van der Waals surface area contributed by atoms with Gasteiger partial charge >= 0.3 is 11.9 Å². The molecule has 0 aliphatic heterocycles. The molecule has 0 unspecified atom stereocenters. The van der Waals surface area contributed by atoms with E-state index in [0.29, 0.717) is 6.04 Å². The Bertz CT molecular complexity index is 482. The Labute approximate surface area is 134 Å². The van der Waals surface area contributed by atoms with Crippen LogP contribution in [0.5, 0.6) is 5.75 Å². The van der Waals surface area contributed by atoms with Crippen molar-refractivity contribution in [3.63, 3.8) is 0 Å². The average Bonchev–Trinajstić information content (AvgIpc) is 2.55. The summed E-state index contributed by atoms with van der Waals surface area (Å²) in [4.78, 5) is 18.2. The van der Waals surface area contributed by atoms with Crippen LogP contribution in [0.1, 0.15) is 31.2 Å². The first-order chi connectivity index (χ1) is 10.9. The summed E-state index contributed by atoms with van der Waals surface area (Å²) in [6.45, 7) is 0.894. The van der Waals surface area contributed by atoms with Crippen molar-refractivity contribution >= 4 is 11.9 Å². The molecule has 4 N–H and O–H groups in total. The minimum atomic E-state index is -1.82. The summed E-state index contributed by atoms with van der Waals surface area (Å²) in [7, 11) is 1.68. The van der Waals surface area contributed by atoms with Gasteiger partial charge in [0.2, 0.25) is 0 Å². The Balaban J connectivity index is 0.000000379. The van der Waals surface area contributed by atoms with Gasteiger partial charge in [0.1, 0.15) is 5.75 Å². The fraction of sp³-hybridized carbons (Fsp3) is 0.500. The summed E-state index contributed by atoms with van der Waals surface area (Å²) in [5.74, 6) is -2.75. The Morgan fingerprint density at radius 2 is 1.61 bits per heavy atom. The van der Waals surface area contributed by atoms with Crippen molar-refractivity contribution in [1.82, 2.24) is 5.32 Å². The predicted molar refractivity (Wildman–Crippen MR) is 83.4 cm³/mol. The van der Waals surface area contributed by atoms with Crippen LogP contribution in [-0.2, 0) is 16.1 Å². The van der Waals surface area contributed by atoms with E-state index in [-0.39, 0.29) is 6.10 Å². The van der Waals surface area contributed by atoms with Gasteiger partial charge in [0.15, 0.2) is 0 Å².